The molecule has 0 N–H and O–H groups in total. The molecule has 0 unspecified atom stereocenters. The SMILES string of the molecule is CC(=C/c1ccc2c([n+]1C)CCC=C2)/C=C/C[n+]1ccccc1-c1ccccc1C. The highest BCUT2D eigenvalue weighted by Crippen LogP contribution is 2.19. The lowest BCUT2D eigenvalue weighted by Gasteiger charge is -2.09. The number of pyridine rings is 2. The van der Waals surface area contributed by atoms with Crippen molar-refractivity contribution in [3.05, 3.63) is 107 Å². The molecule has 2 heteroatoms. The smallest absolute Gasteiger partial charge is 0.198 e. The molecule has 0 saturated carbocycles. The summed E-state index contributed by atoms with van der Waals surface area (Å²) in [6.07, 6.45) is 15.6. The van der Waals surface area contributed by atoms with Crippen molar-refractivity contribution in [3.8, 4) is 11.3 Å². The third kappa shape index (κ3) is 4.33. The zero-order valence-electron chi connectivity index (χ0n) is 18.2. The second-order valence-corrected chi connectivity index (χ2v) is 8.00. The molecule has 0 atom stereocenters. The van der Waals surface area contributed by atoms with Gasteiger partial charge in [-0.1, -0.05) is 36.4 Å². The summed E-state index contributed by atoms with van der Waals surface area (Å²) in [6.45, 7) is 5.19. The fraction of sp³-hybridized carbons (Fsp3) is 0.214. The van der Waals surface area contributed by atoms with Crippen molar-refractivity contribution in [2.75, 3.05) is 0 Å². The van der Waals surface area contributed by atoms with Crippen LogP contribution in [0.4, 0.5) is 0 Å². The summed E-state index contributed by atoms with van der Waals surface area (Å²) in [4.78, 5) is 0. The third-order valence-electron chi connectivity index (χ3n) is 5.82. The van der Waals surface area contributed by atoms with E-state index in [0.717, 1.165) is 19.4 Å². The molecule has 4 rings (SSSR count). The van der Waals surface area contributed by atoms with Gasteiger partial charge in [0.2, 0.25) is 11.4 Å². The minimum Gasteiger partial charge on any atom is -0.198 e. The van der Waals surface area contributed by atoms with Gasteiger partial charge in [0.05, 0.1) is 0 Å². The van der Waals surface area contributed by atoms with E-state index >= 15 is 0 Å². The molecule has 1 aliphatic carbocycles. The Morgan fingerprint density at radius 1 is 1.03 bits per heavy atom. The topological polar surface area (TPSA) is 7.76 Å². The summed E-state index contributed by atoms with van der Waals surface area (Å²) in [6, 6.07) is 19.4. The normalized spacial score (nSPS) is 13.6. The first kappa shape index (κ1) is 20.0. The van der Waals surface area contributed by atoms with Crippen molar-refractivity contribution in [2.45, 2.75) is 33.2 Å². The van der Waals surface area contributed by atoms with E-state index < -0.39 is 0 Å². The molecule has 0 amide bonds. The Morgan fingerprint density at radius 3 is 2.73 bits per heavy atom. The molecule has 0 aliphatic heterocycles. The Labute approximate surface area is 180 Å². The Hall–Kier alpha value is -3.26. The first-order valence-corrected chi connectivity index (χ1v) is 10.7. The molecular formula is C28H30N2+2. The second-order valence-electron chi connectivity index (χ2n) is 8.00. The maximum absolute atomic E-state index is 2.33. The quantitative estimate of drug-likeness (QED) is 0.405. The highest BCUT2D eigenvalue weighted by molar-refractivity contribution is 5.60. The Balaban J connectivity index is 1.54. The summed E-state index contributed by atoms with van der Waals surface area (Å²) in [7, 11) is 2.18. The van der Waals surface area contributed by atoms with Crippen LogP contribution >= 0.6 is 0 Å². The van der Waals surface area contributed by atoms with E-state index in [1.807, 2.05) is 0 Å². The summed E-state index contributed by atoms with van der Waals surface area (Å²) in [5.74, 6) is 0. The van der Waals surface area contributed by atoms with E-state index in [0.29, 0.717) is 0 Å². The molecule has 1 aromatic carbocycles. The number of fused-ring (bicyclic) bond motifs is 1. The lowest BCUT2D eigenvalue weighted by atomic mass is 10.0. The first-order chi connectivity index (χ1) is 14.6. The van der Waals surface area contributed by atoms with Crippen LogP contribution in [-0.2, 0) is 20.0 Å². The zero-order chi connectivity index (χ0) is 20.9. The van der Waals surface area contributed by atoms with Crippen LogP contribution in [0.3, 0.4) is 0 Å². The van der Waals surface area contributed by atoms with Gasteiger partial charge in [0, 0.05) is 41.8 Å². The molecule has 0 spiro atoms. The van der Waals surface area contributed by atoms with Gasteiger partial charge in [-0.3, -0.25) is 0 Å². The number of aryl methyl sites for hydroxylation is 1. The first-order valence-electron chi connectivity index (χ1n) is 10.7. The molecule has 0 saturated heterocycles. The molecule has 0 fully saturated rings. The number of aromatic nitrogens is 2. The van der Waals surface area contributed by atoms with Crippen molar-refractivity contribution in [1.82, 2.24) is 0 Å². The van der Waals surface area contributed by atoms with Gasteiger partial charge in [-0.05, 0) is 55.7 Å². The molecule has 150 valence electrons. The average Bonchev–Trinajstić information content (AvgIpc) is 2.77. The van der Waals surface area contributed by atoms with E-state index in [1.165, 1.54) is 39.3 Å². The maximum Gasteiger partial charge on any atom is 0.213 e. The van der Waals surface area contributed by atoms with Crippen molar-refractivity contribution in [1.29, 1.82) is 0 Å². The predicted octanol–water partition coefficient (Wildman–Crippen LogP) is 5.39. The van der Waals surface area contributed by atoms with Gasteiger partial charge in [-0.2, -0.15) is 9.13 Å². The van der Waals surface area contributed by atoms with Gasteiger partial charge >= 0.3 is 0 Å². The lowest BCUT2D eigenvalue weighted by molar-refractivity contribution is -0.681. The molecule has 2 heterocycles. The monoisotopic (exact) mass is 394 g/mol. The van der Waals surface area contributed by atoms with Gasteiger partial charge in [-0.25, -0.2) is 0 Å². The number of benzene rings is 1. The molecule has 0 bridgehead atoms. The van der Waals surface area contributed by atoms with Crippen LogP contribution in [-0.4, -0.2) is 0 Å². The Kier molecular flexibility index (Phi) is 6.04. The molecule has 2 aromatic heterocycles. The van der Waals surface area contributed by atoms with Crippen LogP contribution in [0.5, 0.6) is 0 Å². The van der Waals surface area contributed by atoms with E-state index in [-0.39, 0.29) is 0 Å². The molecule has 0 radical (unpaired) electrons. The fourth-order valence-electron chi connectivity index (χ4n) is 4.15. The number of rotatable bonds is 5. The van der Waals surface area contributed by atoms with Crippen LogP contribution in [0.2, 0.25) is 0 Å². The van der Waals surface area contributed by atoms with Crippen LogP contribution in [0.15, 0.2) is 84.6 Å². The summed E-state index contributed by atoms with van der Waals surface area (Å²) in [5, 5.41) is 0. The van der Waals surface area contributed by atoms with E-state index in [4.69, 9.17) is 0 Å². The minimum absolute atomic E-state index is 0.844. The van der Waals surface area contributed by atoms with Crippen LogP contribution in [0.1, 0.15) is 35.9 Å². The molecule has 2 nitrogen and oxygen atoms in total. The third-order valence-corrected chi connectivity index (χ3v) is 5.82. The standard InChI is InChI=1S/C28H30N2/c1-22(21-25-18-17-24-13-5-7-15-27(24)29(25)3)11-10-20-30-19-9-8-16-28(30)26-14-6-4-12-23(26)2/h4-6,8-14,16-19,21H,7,15,20H2,1-3H3/q+2/b11-10+,22-21-. The van der Waals surface area contributed by atoms with Crippen LogP contribution < -0.4 is 9.13 Å². The predicted molar refractivity (Wildman–Crippen MR) is 125 cm³/mol. The molecule has 3 aromatic rings. The highest BCUT2D eigenvalue weighted by atomic mass is 15.0. The maximum atomic E-state index is 2.33. The summed E-state index contributed by atoms with van der Waals surface area (Å²) < 4.78 is 4.63. The summed E-state index contributed by atoms with van der Waals surface area (Å²) >= 11 is 0. The number of allylic oxidation sites excluding steroid dienone is 4. The largest absolute Gasteiger partial charge is 0.213 e. The van der Waals surface area contributed by atoms with Crippen LogP contribution in [0.25, 0.3) is 23.4 Å². The van der Waals surface area contributed by atoms with Crippen LogP contribution in [0, 0.1) is 6.92 Å². The number of hydrogen-bond acceptors (Lipinski definition) is 0. The highest BCUT2D eigenvalue weighted by Gasteiger charge is 2.17. The van der Waals surface area contributed by atoms with Crippen molar-refractivity contribution in [3.63, 3.8) is 0 Å². The van der Waals surface area contributed by atoms with Crippen molar-refractivity contribution in [2.24, 2.45) is 7.05 Å². The van der Waals surface area contributed by atoms with Gasteiger partial charge in [0.1, 0.15) is 7.05 Å². The minimum atomic E-state index is 0.844. The van der Waals surface area contributed by atoms with E-state index in [2.05, 4.69) is 121 Å². The number of hydrogen-bond donors (Lipinski definition) is 0. The fourth-order valence-corrected chi connectivity index (χ4v) is 4.15. The second kappa shape index (κ2) is 9.04. The zero-order valence-corrected chi connectivity index (χ0v) is 18.2. The molecule has 1 aliphatic rings. The van der Waals surface area contributed by atoms with E-state index in [9.17, 15) is 0 Å². The van der Waals surface area contributed by atoms with E-state index in [1.54, 1.807) is 0 Å². The Morgan fingerprint density at radius 2 is 1.87 bits per heavy atom. The Bertz CT molecular complexity index is 1150. The van der Waals surface area contributed by atoms with Gasteiger partial charge < -0.3 is 0 Å². The average molecular weight is 395 g/mol. The number of nitrogens with zero attached hydrogens (tertiary/aromatic N) is 2. The van der Waals surface area contributed by atoms with Gasteiger partial charge in [0.15, 0.2) is 18.4 Å². The van der Waals surface area contributed by atoms with Crippen molar-refractivity contribution >= 4 is 12.2 Å². The van der Waals surface area contributed by atoms with Gasteiger partial charge in [-0.15, -0.1) is 0 Å². The molecule has 30 heavy (non-hydrogen) atoms. The molecular weight excluding hydrogens is 364 g/mol. The lowest BCUT2D eigenvalue weighted by Crippen LogP contribution is -2.38. The van der Waals surface area contributed by atoms with Crippen molar-refractivity contribution < 1.29 is 9.13 Å². The summed E-state index contributed by atoms with van der Waals surface area (Å²) in [5.41, 5.74) is 9.10. The van der Waals surface area contributed by atoms with Gasteiger partial charge in [0.25, 0.3) is 0 Å².